The molecule has 0 heterocycles. The Balaban J connectivity index is 2.27. The molecule has 0 unspecified atom stereocenters. The molecule has 2 aromatic rings. The molecular weight excluding hydrogens is 326 g/mol. The molecule has 0 saturated carbocycles. The number of carbonyl (C=O) groups excluding carboxylic acids is 1. The van der Waals surface area contributed by atoms with E-state index in [9.17, 15) is 9.90 Å². The van der Waals surface area contributed by atoms with Gasteiger partial charge < -0.3 is 15.2 Å². The summed E-state index contributed by atoms with van der Waals surface area (Å²) in [6, 6.07) is 10.9. The highest BCUT2D eigenvalue weighted by Crippen LogP contribution is 2.30. The highest BCUT2D eigenvalue weighted by atomic mass is 16.5. The number of hydrogen-bond donors (Lipinski definition) is 2. The van der Waals surface area contributed by atoms with Crippen LogP contribution in [0, 0.1) is 0 Å². The summed E-state index contributed by atoms with van der Waals surface area (Å²) in [5.74, 6) is 0.766. The molecule has 0 aliphatic heterocycles. The highest BCUT2D eigenvalue weighted by Gasteiger charge is 2.09. The Bertz CT molecular complexity index is 764. The Morgan fingerprint density at radius 1 is 1.15 bits per heavy atom. The molecule has 0 radical (unpaired) electrons. The lowest BCUT2D eigenvalue weighted by molar-refractivity contribution is 0.104. The van der Waals surface area contributed by atoms with Gasteiger partial charge in [0, 0.05) is 29.9 Å². The molecule has 138 valence electrons. The van der Waals surface area contributed by atoms with Gasteiger partial charge in [0.2, 0.25) is 0 Å². The lowest BCUT2D eigenvalue weighted by atomic mass is 10.0. The number of ether oxygens (including phenoxy) is 1. The summed E-state index contributed by atoms with van der Waals surface area (Å²) in [4.78, 5) is 12.4. The van der Waals surface area contributed by atoms with E-state index >= 15 is 0 Å². The van der Waals surface area contributed by atoms with Crippen LogP contribution in [0.3, 0.4) is 0 Å². The molecule has 0 atom stereocenters. The van der Waals surface area contributed by atoms with E-state index in [4.69, 9.17) is 4.74 Å². The number of rotatable bonds is 9. The van der Waals surface area contributed by atoms with E-state index in [1.54, 1.807) is 30.4 Å². The van der Waals surface area contributed by atoms with Crippen LogP contribution < -0.4 is 10.1 Å². The van der Waals surface area contributed by atoms with Gasteiger partial charge in [-0.1, -0.05) is 20.3 Å². The maximum Gasteiger partial charge on any atom is 0.185 e. The van der Waals surface area contributed by atoms with Gasteiger partial charge in [-0.25, -0.2) is 0 Å². The monoisotopic (exact) mass is 353 g/mol. The maximum atomic E-state index is 12.4. The minimum atomic E-state index is -0.0702. The predicted octanol–water partition coefficient (Wildman–Crippen LogP) is 5.07. The first-order valence-corrected chi connectivity index (χ1v) is 9.08. The number of aryl methyl sites for hydroxylation is 1. The van der Waals surface area contributed by atoms with E-state index in [0.717, 1.165) is 36.1 Å². The summed E-state index contributed by atoms with van der Waals surface area (Å²) < 4.78 is 5.74. The van der Waals surface area contributed by atoms with E-state index in [1.165, 1.54) is 0 Å². The van der Waals surface area contributed by atoms with Crippen molar-refractivity contribution < 1.29 is 14.6 Å². The molecule has 0 saturated heterocycles. The molecule has 0 aliphatic carbocycles. The summed E-state index contributed by atoms with van der Waals surface area (Å²) >= 11 is 0. The first-order chi connectivity index (χ1) is 12.6. The normalized spacial score (nSPS) is 10.9. The maximum absolute atomic E-state index is 12.4. The molecule has 0 aliphatic rings. The van der Waals surface area contributed by atoms with E-state index in [1.807, 2.05) is 32.2 Å². The van der Waals surface area contributed by atoms with E-state index in [2.05, 4.69) is 12.2 Å². The summed E-state index contributed by atoms with van der Waals surface area (Å²) in [5.41, 5.74) is 3.26. The van der Waals surface area contributed by atoms with Gasteiger partial charge in [-0.05, 0) is 60.9 Å². The van der Waals surface area contributed by atoms with Crippen molar-refractivity contribution >= 4 is 17.5 Å². The fourth-order valence-corrected chi connectivity index (χ4v) is 2.63. The molecule has 2 aromatic carbocycles. The Kier molecular flexibility index (Phi) is 7.27. The van der Waals surface area contributed by atoms with Crippen molar-refractivity contribution in [2.45, 2.75) is 33.1 Å². The van der Waals surface area contributed by atoms with Gasteiger partial charge in [-0.3, -0.25) is 4.79 Å². The Hall–Kier alpha value is -2.75. The second kappa shape index (κ2) is 9.66. The first kappa shape index (κ1) is 19.6. The van der Waals surface area contributed by atoms with Crippen molar-refractivity contribution in [3.8, 4) is 11.5 Å². The van der Waals surface area contributed by atoms with Gasteiger partial charge >= 0.3 is 0 Å². The van der Waals surface area contributed by atoms with Gasteiger partial charge in [0.05, 0.1) is 6.61 Å². The summed E-state index contributed by atoms with van der Waals surface area (Å²) in [5, 5.41) is 13.2. The molecule has 0 bridgehead atoms. The Labute approximate surface area is 155 Å². The molecule has 0 fully saturated rings. The molecular formula is C22H27NO3. The molecule has 2 N–H and O–H groups in total. The zero-order chi connectivity index (χ0) is 18.9. The third-order valence-corrected chi connectivity index (χ3v) is 4.06. The molecule has 4 nitrogen and oxygen atoms in total. The van der Waals surface area contributed by atoms with Crippen molar-refractivity contribution in [1.82, 2.24) is 0 Å². The number of ketones is 1. The van der Waals surface area contributed by atoms with Gasteiger partial charge in [0.25, 0.3) is 0 Å². The van der Waals surface area contributed by atoms with Crippen molar-refractivity contribution in [1.29, 1.82) is 0 Å². The second-order valence-corrected chi connectivity index (χ2v) is 6.14. The van der Waals surface area contributed by atoms with E-state index in [0.29, 0.717) is 17.9 Å². The molecule has 4 heteroatoms. The van der Waals surface area contributed by atoms with Crippen LogP contribution in [0.15, 0.2) is 42.5 Å². The second-order valence-electron chi connectivity index (χ2n) is 6.14. The average Bonchev–Trinajstić information content (AvgIpc) is 2.66. The van der Waals surface area contributed by atoms with Crippen molar-refractivity contribution in [3.05, 3.63) is 59.2 Å². The lowest BCUT2D eigenvalue weighted by Crippen LogP contribution is -1.99. The number of carbonyl (C=O) groups is 1. The summed E-state index contributed by atoms with van der Waals surface area (Å²) in [7, 11) is 1.84. The minimum absolute atomic E-state index is 0.0702. The van der Waals surface area contributed by atoms with E-state index in [-0.39, 0.29) is 11.5 Å². The average molecular weight is 353 g/mol. The van der Waals surface area contributed by atoms with Gasteiger partial charge in [-0.2, -0.15) is 0 Å². The van der Waals surface area contributed by atoms with Crippen LogP contribution in [-0.4, -0.2) is 24.5 Å². The van der Waals surface area contributed by atoms with Crippen LogP contribution in [0.5, 0.6) is 11.5 Å². The number of hydrogen-bond acceptors (Lipinski definition) is 4. The van der Waals surface area contributed by atoms with E-state index < -0.39 is 0 Å². The lowest BCUT2D eigenvalue weighted by Gasteiger charge is -2.12. The van der Waals surface area contributed by atoms with Crippen LogP contribution in [0.4, 0.5) is 5.69 Å². The zero-order valence-electron chi connectivity index (χ0n) is 15.7. The smallest absolute Gasteiger partial charge is 0.185 e. The number of nitrogens with one attached hydrogen (secondary N) is 1. The van der Waals surface area contributed by atoms with Crippen LogP contribution in [0.25, 0.3) is 6.08 Å². The molecule has 0 amide bonds. The first-order valence-electron chi connectivity index (χ1n) is 9.08. The predicted molar refractivity (Wildman–Crippen MR) is 107 cm³/mol. The number of phenolic OH excluding ortho intramolecular Hbond substituents is 1. The fraction of sp³-hybridized carbons (Fsp3) is 0.318. The molecule has 0 spiro atoms. The van der Waals surface area contributed by atoms with Crippen molar-refractivity contribution in [2.75, 3.05) is 19.0 Å². The van der Waals surface area contributed by atoms with Crippen molar-refractivity contribution in [3.63, 3.8) is 0 Å². The fourth-order valence-electron chi connectivity index (χ4n) is 2.63. The number of benzene rings is 2. The van der Waals surface area contributed by atoms with Crippen LogP contribution >= 0.6 is 0 Å². The SMILES string of the molecule is CCCOc1cc(O)c(CCC)cc1C=CC(=O)c1ccc(NC)cc1. The number of allylic oxidation sites excluding steroid dienone is 1. The third kappa shape index (κ3) is 5.12. The molecule has 0 aromatic heterocycles. The van der Waals surface area contributed by atoms with Gasteiger partial charge in [0.15, 0.2) is 5.78 Å². The molecule has 26 heavy (non-hydrogen) atoms. The van der Waals surface area contributed by atoms with Crippen LogP contribution in [0.1, 0.15) is 48.2 Å². The van der Waals surface area contributed by atoms with Crippen LogP contribution in [-0.2, 0) is 6.42 Å². The van der Waals surface area contributed by atoms with Crippen molar-refractivity contribution in [2.24, 2.45) is 0 Å². The Morgan fingerprint density at radius 3 is 2.50 bits per heavy atom. The summed E-state index contributed by atoms with van der Waals surface area (Å²) in [6.07, 6.45) is 5.90. The minimum Gasteiger partial charge on any atom is -0.508 e. The summed E-state index contributed by atoms with van der Waals surface area (Å²) in [6.45, 7) is 4.65. The topological polar surface area (TPSA) is 58.6 Å². The van der Waals surface area contributed by atoms with Gasteiger partial charge in [0.1, 0.15) is 11.5 Å². The number of anilines is 1. The third-order valence-electron chi connectivity index (χ3n) is 4.06. The standard InChI is InChI=1S/C22H27NO3/c1-4-6-17-14-18(22(15-21(17)25)26-13-5-2)9-12-20(24)16-7-10-19(23-3)11-8-16/h7-12,14-15,23,25H,4-6,13H2,1-3H3. The highest BCUT2D eigenvalue weighted by molar-refractivity contribution is 6.07. The largest absolute Gasteiger partial charge is 0.508 e. The Morgan fingerprint density at radius 2 is 1.88 bits per heavy atom. The van der Waals surface area contributed by atoms with Gasteiger partial charge in [-0.15, -0.1) is 0 Å². The number of phenols is 1. The number of aromatic hydroxyl groups is 1. The zero-order valence-corrected chi connectivity index (χ0v) is 15.7. The quantitative estimate of drug-likeness (QED) is 0.488. The molecule has 2 rings (SSSR count). The van der Waals surface area contributed by atoms with Crippen LogP contribution in [0.2, 0.25) is 0 Å².